The van der Waals surface area contributed by atoms with Gasteiger partial charge in [0.15, 0.2) is 5.96 Å². The number of nitrogens with zero attached hydrogens (tertiary/aromatic N) is 2. The van der Waals surface area contributed by atoms with Gasteiger partial charge in [-0.25, -0.2) is 0 Å². The first-order valence-corrected chi connectivity index (χ1v) is 10.2. The predicted molar refractivity (Wildman–Crippen MR) is 99.7 cm³/mol. The van der Waals surface area contributed by atoms with Gasteiger partial charge in [0.2, 0.25) is 0 Å². The SMILES string of the molecule is CN=C(NC1C2CCOC2C12CCCC2)N(C)CCc1cccs1. The fourth-order valence-corrected chi connectivity index (χ4v) is 5.93. The largest absolute Gasteiger partial charge is 0.377 e. The number of likely N-dealkylation sites (N-methyl/N-ethyl adjacent to an activating group) is 1. The zero-order chi connectivity index (χ0) is 16.6. The Labute approximate surface area is 149 Å². The molecule has 5 heteroatoms. The first-order chi connectivity index (χ1) is 11.7. The fourth-order valence-electron chi connectivity index (χ4n) is 5.23. The molecule has 0 amide bonds. The van der Waals surface area contributed by atoms with Gasteiger partial charge in [-0.3, -0.25) is 4.99 Å². The van der Waals surface area contributed by atoms with E-state index in [9.17, 15) is 0 Å². The molecule has 2 heterocycles. The summed E-state index contributed by atoms with van der Waals surface area (Å²) in [4.78, 5) is 8.30. The highest BCUT2D eigenvalue weighted by atomic mass is 32.1. The molecule has 3 atom stereocenters. The monoisotopic (exact) mass is 347 g/mol. The third-order valence-electron chi connectivity index (χ3n) is 6.42. The van der Waals surface area contributed by atoms with Crippen molar-refractivity contribution in [2.45, 2.75) is 50.7 Å². The van der Waals surface area contributed by atoms with E-state index in [1.165, 1.54) is 37.0 Å². The summed E-state index contributed by atoms with van der Waals surface area (Å²) in [6.07, 6.45) is 8.16. The molecular formula is C19H29N3OS. The maximum absolute atomic E-state index is 6.10. The van der Waals surface area contributed by atoms with Crippen LogP contribution in [0, 0.1) is 11.3 Å². The van der Waals surface area contributed by atoms with Crippen molar-refractivity contribution < 1.29 is 4.74 Å². The summed E-state index contributed by atoms with van der Waals surface area (Å²) in [5, 5.41) is 5.99. The smallest absolute Gasteiger partial charge is 0.193 e. The molecule has 0 bridgehead atoms. The molecular weight excluding hydrogens is 318 g/mol. The van der Waals surface area contributed by atoms with Crippen molar-refractivity contribution in [3.8, 4) is 0 Å². The number of ether oxygens (including phenoxy) is 1. The number of hydrogen-bond donors (Lipinski definition) is 1. The second kappa shape index (κ2) is 6.68. The molecule has 3 fully saturated rings. The maximum Gasteiger partial charge on any atom is 0.193 e. The van der Waals surface area contributed by atoms with Crippen LogP contribution in [0.5, 0.6) is 0 Å². The van der Waals surface area contributed by atoms with Crippen molar-refractivity contribution in [2.75, 3.05) is 27.2 Å². The molecule has 2 aliphatic carbocycles. The summed E-state index contributed by atoms with van der Waals surface area (Å²) in [6, 6.07) is 4.90. The van der Waals surface area contributed by atoms with Gasteiger partial charge in [0.25, 0.3) is 0 Å². The van der Waals surface area contributed by atoms with Crippen LogP contribution in [0.25, 0.3) is 0 Å². The zero-order valence-electron chi connectivity index (χ0n) is 14.8. The lowest BCUT2D eigenvalue weighted by atomic mass is 9.54. The normalized spacial score (nSPS) is 31.1. The van der Waals surface area contributed by atoms with E-state index in [1.54, 1.807) is 0 Å². The standard InChI is InChI=1S/C19H29N3OS/c1-20-18(22(2)11-7-14-6-5-13-24-14)21-16-15-8-12-23-17(15)19(16)9-3-4-10-19/h5-6,13,15-17H,3-4,7-12H2,1-2H3,(H,20,21). The molecule has 1 saturated heterocycles. The van der Waals surface area contributed by atoms with Gasteiger partial charge in [0.1, 0.15) is 0 Å². The minimum absolute atomic E-state index is 0.381. The lowest BCUT2D eigenvalue weighted by Gasteiger charge is -2.57. The van der Waals surface area contributed by atoms with Gasteiger partial charge in [-0.1, -0.05) is 18.9 Å². The highest BCUT2D eigenvalue weighted by Crippen LogP contribution is 2.60. The molecule has 1 spiro atoms. The summed E-state index contributed by atoms with van der Waals surface area (Å²) in [5.74, 6) is 1.73. The Hall–Kier alpha value is -1.07. The fraction of sp³-hybridized carbons (Fsp3) is 0.737. The first kappa shape index (κ1) is 16.4. The van der Waals surface area contributed by atoms with E-state index in [0.29, 0.717) is 23.5 Å². The van der Waals surface area contributed by atoms with E-state index in [1.807, 2.05) is 18.4 Å². The molecule has 2 saturated carbocycles. The second-order valence-corrected chi connectivity index (χ2v) is 8.64. The first-order valence-electron chi connectivity index (χ1n) is 9.33. The molecule has 1 aliphatic heterocycles. The molecule has 132 valence electrons. The highest BCUT2D eigenvalue weighted by molar-refractivity contribution is 7.09. The van der Waals surface area contributed by atoms with Crippen LogP contribution in [0.3, 0.4) is 0 Å². The average molecular weight is 348 g/mol. The molecule has 24 heavy (non-hydrogen) atoms. The number of rotatable bonds is 4. The summed E-state index contributed by atoms with van der Waals surface area (Å²) < 4.78 is 6.10. The van der Waals surface area contributed by atoms with Gasteiger partial charge in [0, 0.05) is 49.5 Å². The maximum atomic E-state index is 6.10. The van der Waals surface area contributed by atoms with Crippen LogP contribution in [0.15, 0.2) is 22.5 Å². The number of nitrogens with one attached hydrogen (secondary N) is 1. The molecule has 0 aromatic carbocycles. The Morgan fingerprint density at radius 2 is 2.29 bits per heavy atom. The van der Waals surface area contributed by atoms with Crippen LogP contribution < -0.4 is 5.32 Å². The van der Waals surface area contributed by atoms with Gasteiger partial charge in [-0.15, -0.1) is 11.3 Å². The number of aliphatic imine (C=N–C) groups is 1. The summed E-state index contributed by atoms with van der Waals surface area (Å²) in [6.45, 7) is 1.95. The Balaban J connectivity index is 1.40. The third-order valence-corrected chi connectivity index (χ3v) is 7.35. The zero-order valence-corrected chi connectivity index (χ0v) is 15.6. The summed E-state index contributed by atoms with van der Waals surface area (Å²) >= 11 is 1.84. The molecule has 3 aliphatic rings. The minimum Gasteiger partial charge on any atom is -0.377 e. The Bertz CT molecular complexity index is 579. The number of guanidine groups is 1. The molecule has 1 aromatic heterocycles. The topological polar surface area (TPSA) is 36.9 Å². The van der Waals surface area contributed by atoms with Crippen molar-refractivity contribution >= 4 is 17.3 Å². The van der Waals surface area contributed by atoms with Gasteiger partial charge >= 0.3 is 0 Å². The quantitative estimate of drug-likeness (QED) is 0.671. The Kier molecular flexibility index (Phi) is 4.56. The Morgan fingerprint density at radius 3 is 3.00 bits per heavy atom. The lowest BCUT2D eigenvalue weighted by Crippen LogP contribution is -2.69. The van der Waals surface area contributed by atoms with E-state index >= 15 is 0 Å². The van der Waals surface area contributed by atoms with Crippen molar-refractivity contribution in [2.24, 2.45) is 16.3 Å². The second-order valence-electron chi connectivity index (χ2n) is 7.60. The number of fused-ring (bicyclic) bond motifs is 2. The predicted octanol–water partition coefficient (Wildman–Crippen LogP) is 3.15. The van der Waals surface area contributed by atoms with Crippen molar-refractivity contribution in [1.29, 1.82) is 0 Å². The molecule has 4 nitrogen and oxygen atoms in total. The van der Waals surface area contributed by atoms with Crippen molar-refractivity contribution in [1.82, 2.24) is 10.2 Å². The molecule has 1 aromatic rings. The van der Waals surface area contributed by atoms with E-state index < -0.39 is 0 Å². The van der Waals surface area contributed by atoms with Crippen molar-refractivity contribution in [3.05, 3.63) is 22.4 Å². The highest BCUT2D eigenvalue weighted by Gasteiger charge is 2.65. The van der Waals surface area contributed by atoms with Gasteiger partial charge in [0.05, 0.1) is 6.10 Å². The average Bonchev–Trinajstić information content (AvgIpc) is 3.32. The van der Waals surface area contributed by atoms with Crippen LogP contribution in [0.2, 0.25) is 0 Å². The van der Waals surface area contributed by atoms with E-state index in [-0.39, 0.29) is 0 Å². The van der Waals surface area contributed by atoms with Gasteiger partial charge < -0.3 is 15.0 Å². The van der Waals surface area contributed by atoms with E-state index in [2.05, 4.69) is 39.8 Å². The molecule has 3 unspecified atom stereocenters. The Morgan fingerprint density at radius 1 is 1.46 bits per heavy atom. The van der Waals surface area contributed by atoms with Crippen LogP contribution in [0.4, 0.5) is 0 Å². The van der Waals surface area contributed by atoms with Crippen LogP contribution in [-0.4, -0.2) is 50.3 Å². The van der Waals surface area contributed by atoms with Crippen LogP contribution >= 0.6 is 11.3 Å². The lowest BCUT2D eigenvalue weighted by molar-refractivity contribution is -0.125. The molecule has 1 N–H and O–H groups in total. The van der Waals surface area contributed by atoms with E-state index in [4.69, 9.17) is 4.74 Å². The molecule has 0 radical (unpaired) electrons. The number of thiophene rings is 1. The van der Waals surface area contributed by atoms with Crippen LogP contribution in [0.1, 0.15) is 37.0 Å². The summed E-state index contributed by atoms with van der Waals surface area (Å²) in [7, 11) is 4.07. The van der Waals surface area contributed by atoms with E-state index in [0.717, 1.165) is 25.5 Å². The van der Waals surface area contributed by atoms with Crippen molar-refractivity contribution in [3.63, 3.8) is 0 Å². The third kappa shape index (κ3) is 2.66. The van der Waals surface area contributed by atoms with Gasteiger partial charge in [-0.05, 0) is 37.1 Å². The van der Waals surface area contributed by atoms with Crippen LogP contribution in [-0.2, 0) is 11.2 Å². The molecule has 4 rings (SSSR count). The number of hydrogen-bond acceptors (Lipinski definition) is 3. The summed E-state index contributed by atoms with van der Waals surface area (Å²) in [5.41, 5.74) is 0.381. The van der Waals surface area contributed by atoms with Gasteiger partial charge in [-0.2, -0.15) is 0 Å². The minimum atomic E-state index is 0.381.